The predicted octanol–water partition coefficient (Wildman–Crippen LogP) is 5.29. The van der Waals surface area contributed by atoms with E-state index in [2.05, 4.69) is 31.9 Å². The summed E-state index contributed by atoms with van der Waals surface area (Å²) >= 11 is 3.38. The minimum atomic E-state index is -0.602. The van der Waals surface area contributed by atoms with Crippen molar-refractivity contribution in [2.24, 2.45) is 11.7 Å². The second-order valence-electron chi connectivity index (χ2n) is 8.44. The minimum Gasteiger partial charge on any atom is -0.326 e. The fourth-order valence-electron chi connectivity index (χ4n) is 3.29. The summed E-state index contributed by atoms with van der Waals surface area (Å²) in [6, 6.07) is 13.9. The summed E-state index contributed by atoms with van der Waals surface area (Å²) in [4.78, 5) is 36.7. The number of anilines is 3. The Labute approximate surface area is 204 Å². The highest BCUT2D eigenvalue weighted by Gasteiger charge is 2.17. The molecule has 0 saturated heterocycles. The molecule has 33 heavy (non-hydrogen) atoms. The lowest BCUT2D eigenvalue weighted by atomic mass is 10.0. The van der Waals surface area contributed by atoms with Crippen molar-refractivity contribution in [3.05, 3.63) is 53.0 Å². The number of nitrogens with two attached hydrogens (primary N) is 1. The van der Waals surface area contributed by atoms with Crippen LogP contribution in [0.1, 0.15) is 52.4 Å². The summed E-state index contributed by atoms with van der Waals surface area (Å²) in [6.07, 6.45) is 3.46. The van der Waals surface area contributed by atoms with Crippen molar-refractivity contribution in [3.8, 4) is 0 Å². The molecule has 178 valence electrons. The van der Waals surface area contributed by atoms with E-state index in [1.807, 2.05) is 38.1 Å². The lowest BCUT2D eigenvalue weighted by molar-refractivity contribution is -0.118. The van der Waals surface area contributed by atoms with Gasteiger partial charge in [0.25, 0.3) is 0 Å². The molecule has 5 N–H and O–H groups in total. The number of nitrogens with one attached hydrogen (secondary N) is 3. The molecule has 0 aromatic heterocycles. The fourth-order valence-corrected chi connectivity index (χ4v) is 3.69. The van der Waals surface area contributed by atoms with Crippen molar-refractivity contribution < 1.29 is 14.4 Å². The van der Waals surface area contributed by atoms with Crippen LogP contribution in [0.3, 0.4) is 0 Å². The smallest absolute Gasteiger partial charge is 0.241 e. The second-order valence-corrected chi connectivity index (χ2v) is 9.35. The van der Waals surface area contributed by atoms with Crippen molar-refractivity contribution in [2.45, 2.75) is 58.4 Å². The summed E-state index contributed by atoms with van der Waals surface area (Å²) < 4.78 is 0.908. The van der Waals surface area contributed by atoms with Crippen LogP contribution in [-0.2, 0) is 14.4 Å². The van der Waals surface area contributed by atoms with Gasteiger partial charge in [-0.15, -0.1) is 0 Å². The van der Waals surface area contributed by atoms with Crippen LogP contribution in [0.15, 0.2) is 53.0 Å². The van der Waals surface area contributed by atoms with Crippen LogP contribution >= 0.6 is 15.9 Å². The Morgan fingerprint density at radius 3 is 2.06 bits per heavy atom. The van der Waals surface area contributed by atoms with E-state index in [0.717, 1.165) is 16.6 Å². The zero-order chi connectivity index (χ0) is 24.2. The van der Waals surface area contributed by atoms with Crippen LogP contribution in [-0.4, -0.2) is 23.8 Å². The quantitative estimate of drug-likeness (QED) is 0.287. The molecule has 0 bridgehead atoms. The summed E-state index contributed by atoms with van der Waals surface area (Å²) in [5.41, 5.74) is 7.78. The molecule has 0 spiro atoms. The van der Waals surface area contributed by atoms with E-state index < -0.39 is 6.04 Å². The summed E-state index contributed by atoms with van der Waals surface area (Å²) in [6.45, 7) is 4.02. The van der Waals surface area contributed by atoms with Gasteiger partial charge in [0.2, 0.25) is 17.7 Å². The molecule has 0 saturated carbocycles. The molecule has 0 radical (unpaired) electrons. The molecular weight excluding hydrogens is 484 g/mol. The maximum absolute atomic E-state index is 12.4. The Balaban J connectivity index is 1.72. The summed E-state index contributed by atoms with van der Waals surface area (Å²) in [7, 11) is 0. The minimum absolute atomic E-state index is 0.0436. The number of amides is 3. The van der Waals surface area contributed by atoms with Gasteiger partial charge in [0.15, 0.2) is 0 Å². The molecule has 1 atom stereocenters. The first-order chi connectivity index (χ1) is 15.7. The molecular formula is C25H33BrN4O3. The van der Waals surface area contributed by atoms with Crippen LogP contribution in [0.5, 0.6) is 0 Å². The molecule has 0 fully saturated rings. The Kier molecular flexibility index (Phi) is 11.1. The molecule has 0 heterocycles. The average molecular weight is 517 g/mol. The zero-order valence-electron chi connectivity index (χ0n) is 19.2. The van der Waals surface area contributed by atoms with Crippen LogP contribution in [0.4, 0.5) is 17.1 Å². The van der Waals surface area contributed by atoms with E-state index in [4.69, 9.17) is 5.73 Å². The lowest BCUT2D eigenvalue weighted by Crippen LogP contribution is -2.36. The first kappa shape index (κ1) is 26.5. The number of unbranched alkanes of at least 4 members (excludes halogenated alkanes) is 2. The molecule has 0 aliphatic heterocycles. The average Bonchev–Trinajstić information content (AvgIpc) is 2.74. The van der Waals surface area contributed by atoms with Crippen LogP contribution < -0.4 is 21.7 Å². The Hall–Kier alpha value is -2.71. The highest BCUT2D eigenvalue weighted by Crippen LogP contribution is 2.22. The topological polar surface area (TPSA) is 113 Å². The van der Waals surface area contributed by atoms with Crippen molar-refractivity contribution in [1.82, 2.24) is 0 Å². The van der Waals surface area contributed by atoms with Gasteiger partial charge in [-0.05, 0) is 55.5 Å². The van der Waals surface area contributed by atoms with E-state index in [9.17, 15) is 14.4 Å². The number of benzene rings is 2. The molecule has 8 heteroatoms. The van der Waals surface area contributed by atoms with Crippen LogP contribution in [0.2, 0.25) is 0 Å². The number of hydrogen-bond acceptors (Lipinski definition) is 4. The van der Waals surface area contributed by atoms with Crippen LogP contribution in [0, 0.1) is 5.92 Å². The van der Waals surface area contributed by atoms with E-state index in [-0.39, 0.29) is 17.7 Å². The third-order valence-electron chi connectivity index (χ3n) is 4.94. The van der Waals surface area contributed by atoms with Crippen molar-refractivity contribution in [2.75, 3.05) is 16.0 Å². The van der Waals surface area contributed by atoms with E-state index >= 15 is 0 Å². The standard InChI is InChI=1S/C25H33BrN4O3/c1-17(2)15-20(27)25(33)30-22-12-7-6-11-21(22)29-24(32)14-5-3-4-13-23(31)28-19-10-8-9-18(26)16-19/h6-12,16-17,20H,3-5,13-15,27H2,1-2H3,(H,28,31)(H,29,32)(H,30,33)/t20-/m0/s1. The predicted molar refractivity (Wildman–Crippen MR) is 137 cm³/mol. The molecule has 2 aromatic rings. The normalized spacial score (nSPS) is 11.7. The van der Waals surface area contributed by atoms with Crippen molar-refractivity contribution in [3.63, 3.8) is 0 Å². The SMILES string of the molecule is CC(C)C[C@H](N)C(=O)Nc1ccccc1NC(=O)CCCCCC(=O)Nc1cccc(Br)c1. The molecule has 0 aliphatic carbocycles. The first-order valence-electron chi connectivity index (χ1n) is 11.3. The maximum Gasteiger partial charge on any atom is 0.241 e. The highest BCUT2D eigenvalue weighted by atomic mass is 79.9. The van der Waals surface area contributed by atoms with Gasteiger partial charge in [-0.2, -0.15) is 0 Å². The van der Waals surface area contributed by atoms with Crippen molar-refractivity contribution >= 4 is 50.7 Å². The number of para-hydroxylation sites is 2. The number of hydrogen-bond donors (Lipinski definition) is 4. The van der Waals surface area contributed by atoms with Gasteiger partial charge in [-0.25, -0.2) is 0 Å². The first-order valence-corrected chi connectivity index (χ1v) is 12.0. The van der Waals surface area contributed by atoms with Gasteiger partial charge in [0.1, 0.15) is 0 Å². The van der Waals surface area contributed by atoms with Gasteiger partial charge in [0.05, 0.1) is 17.4 Å². The molecule has 3 amide bonds. The van der Waals surface area contributed by atoms with Crippen LogP contribution in [0.25, 0.3) is 0 Å². The number of halogens is 1. The fraction of sp³-hybridized carbons (Fsp3) is 0.400. The zero-order valence-corrected chi connectivity index (χ0v) is 20.8. The summed E-state index contributed by atoms with van der Waals surface area (Å²) in [5, 5.41) is 8.53. The number of carbonyl (C=O) groups excluding carboxylic acids is 3. The van der Waals surface area contributed by atoms with E-state index in [0.29, 0.717) is 49.4 Å². The van der Waals surface area contributed by atoms with Crippen molar-refractivity contribution in [1.29, 1.82) is 0 Å². The highest BCUT2D eigenvalue weighted by molar-refractivity contribution is 9.10. The molecule has 7 nitrogen and oxygen atoms in total. The molecule has 2 rings (SSSR count). The Bertz CT molecular complexity index is 949. The third-order valence-corrected chi connectivity index (χ3v) is 5.43. The Morgan fingerprint density at radius 1 is 0.848 bits per heavy atom. The monoisotopic (exact) mass is 516 g/mol. The molecule has 0 unspecified atom stereocenters. The maximum atomic E-state index is 12.4. The van der Waals surface area contributed by atoms with Gasteiger partial charge >= 0.3 is 0 Å². The second kappa shape index (κ2) is 13.7. The molecule has 2 aromatic carbocycles. The van der Waals surface area contributed by atoms with E-state index in [1.165, 1.54) is 0 Å². The Morgan fingerprint density at radius 2 is 1.45 bits per heavy atom. The number of carbonyl (C=O) groups is 3. The largest absolute Gasteiger partial charge is 0.326 e. The van der Waals surface area contributed by atoms with Gasteiger partial charge in [-0.3, -0.25) is 14.4 Å². The summed E-state index contributed by atoms with van der Waals surface area (Å²) in [5.74, 6) is -0.140. The van der Waals surface area contributed by atoms with Gasteiger partial charge < -0.3 is 21.7 Å². The number of rotatable bonds is 12. The van der Waals surface area contributed by atoms with Gasteiger partial charge in [-0.1, -0.05) is 54.4 Å². The third kappa shape index (κ3) is 10.2. The lowest BCUT2D eigenvalue weighted by Gasteiger charge is -2.16. The van der Waals surface area contributed by atoms with Gasteiger partial charge in [0, 0.05) is 23.0 Å². The molecule has 0 aliphatic rings. The van der Waals surface area contributed by atoms with E-state index in [1.54, 1.807) is 24.3 Å².